The van der Waals surface area contributed by atoms with Gasteiger partial charge < -0.3 is 14.8 Å². The van der Waals surface area contributed by atoms with E-state index in [2.05, 4.69) is 34.3 Å². The second-order valence-electron chi connectivity index (χ2n) is 8.58. The average molecular weight is 406 g/mol. The van der Waals surface area contributed by atoms with Crippen LogP contribution in [0.4, 0.5) is 10.1 Å². The summed E-state index contributed by atoms with van der Waals surface area (Å²) in [6.07, 6.45) is 6.71. The van der Waals surface area contributed by atoms with Crippen LogP contribution in [0.3, 0.4) is 0 Å². The molecule has 1 fully saturated rings. The lowest BCUT2D eigenvalue weighted by Gasteiger charge is -2.33. The van der Waals surface area contributed by atoms with Gasteiger partial charge in [0.15, 0.2) is 0 Å². The van der Waals surface area contributed by atoms with Crippen LogP contribution in [-0.2, 0) is 11.2 Å². The number of anilines is 1. The number of amides is 1. The van der Waals surface area contributed by atoms with E-state index in [1.165, 1.54) is 17.2 Å². The van der Waals surface area contributed by atoms with Crippen molar-refractivity contribution in [3.05, 3.63) is 65.6 Å². The molecule has 3 heterocycles. The fourth-order valence-electron chi connectivity index (χ4n) is 5.11. The summed E-state index contributed by atoms with van der Waals surface area (Å²) in [4.78, 5) is 20.2. The van der Waals surface area contributed by atoms with Crippen LogP contribution in [0.2, 0.25) is 0 Å². The minimum atomic E-state index is -0.172. The Balaban J connectivity index is 1.16. The third-order valence-corrected chi connectivity index (χ3v) is 6.75. The summed E-state index contributed by atoms with van der Waals surface area (Å²) in [7, 11) is 0. The molecule has 1 N–H and O–H groups in total. The molecule has 1 saturated heterocycles. The Morgan fingerprint density at radius 1 is 1.03 bits per heavy atom. The van der Waals surface area contributed by atoms with E-state index in [0.29, 0.717) is 12.3 Å². The van der Waals surface area contributed by atoms with Crippen molar-refractivity contribution >= 4 is 22.5 Å². The van der Waals surface area contributed by atoms with Crippen LogP contribution < -0.4 is 4.90 Å². The lowest BCUT2D eigenvalue weighted by Crippen LogP contribution is -2.39. The Morgan fingerprint density at radius 3 is 2.73 bits per heavy atom. The number of fused-ring (bicyclic) bond motifs is 2. The molecule has 3 aromatic rings. The minimum absolute atomic E-state index is 0.172. The SMILES string of the molecule is O=C1CCc2ccccc2N1CCCN1CCC(c2c[nH]c3ccc(F)cc23)CC1. The maximum atomic E-state index is 13.7. The number of nitrogens with one attached hydrogen (secondary N) is 1. The van der Waals surface area contributed by atoms with Gasteiger partial charge in [-0.2, -0.15) is 0 Å². The Bertz CT molecular complexity index is 1050. The number of H-pyrrole nitrogens is 1. The molecule has 1 amide bonds. The van der Waals surface area contributed by atoms with Crippen LogP contribution in [-0.4, -0.2) is 42.0 Å². The van der Waals surface area contributed by atoms with Gasteiger partial charge in [-0.25, -0.2) is 4.39 Å². The van der Waals surface area contributed by atoms with E-state index in [0.717, 1.165) is 68.5 Å². The molecule has 2 aliphatic rings. The molecule has 5 heteroatoms. The Labute approximate surface area is 176 Å². The first-order valence-corrected chi connectivity index (χ1v) is 11.1. The smallest absolute Gasteiger partial charge is 0.227 e. The minimum Gasteiger partial charge on any atom is -0.361 e. The molecule has 156 valence electrons. The maximum absolute atomic E-state index is 13.7. The quantitative estimate of drug-likeness (QED) is 0.659. The number of likely N-dealkylation sites (tertiary alicyclic amines) is 1. The molecule has 1 aromatic heterocycles. The average Bonchev–Trinajstić information content (AvgIpc) is 3.19. The highest BCUT2D eigenvalue weighted by Gasteiger charge is 2.25. The molecule has 2 aliphatic heterocycles. The molecule has 2 aromatic carbocycles. The molecule has 0 spiro atoms. The lowest BCUT2D eigenvalue weighted by molar-refractivity contribution is -0.118. The third-order valence-electron chi connectivity index (χ3n) is 6.75. The fraction of sp³-hybridized carbons (Fsp3) is 0.400. The number of aromatic nitrogens is 1. The van der Waals surface area contributed by atoms with Gasteiger partial charge in [0, 0.05) is 35.8 Å². The first-order valence-electron chi connectivity index (χ1n) is 11.1. The molecular formula is C25H28FN3O. The highest BCUT2D eigenvalue weighted by Crippen LogP contribution is 2.33. The van der Waals surface area contributed by atoms with Gasteiger partial charge in [0.2, 0.25) is 5.91 Å². The van der Waals surface area contributed by atoms with Crippen molar-refractivity contribution in [2.24, 2.45) is 0 Å². The van der Waals surface area contributed by atoms with Gasteiger partial charge in [0.1, 0.15) is 5.82 Å². The van der Waals surface area contributed by atoms with Crippen molar-refractivity contribution in [3.63, 3.8) is 0 Å². The summed E-state index contributed by atoms with van der Waals surface area (Å²) < 4.78 is 13.7. The number of para-hydroxylation sites is 1. The molecule has 0 unspecified atom stereocenters. The molecule has 0 aliphatic carbocycles. The number of rotatable bonds is 5. The summed E-state index contributed by atoms with van der Waals surface area (Å²) in [6, 6.07) is 13.3. The van der Waals surface area contributed by atoms with Gasteiger partial charge in [-0.1, -0.05) is 18.2 Å². The summed E-state index contributed by atoms with van der Waals surface area (Å²) in [6.45, 7) is 3.91. The lowest BCUT2D eigenvalue weighted by atomic mass is 9.89. The molecule has 30 heavy (non-hydrogen) atoms. The standard InChI is InChI=1S/C25H28FN3O/c26-20-7-8-23-21(16-20)22(17-27-23)18-10-14-28(15-11-18)12-3-13-29-24-5-2-1-4-19(24)6-9-25(29)30/h1-2,4-5,7-8,16-18,27H,3,6,9-15H2. The number of aryl methyl sites for hydroxylation is 1. The normalized spacial score (nSPS) is 18.2. The molecule has 4 nitrogen and oxygen atoms in total. The zero-order valence-corrected chi connectivity index (χ0v) is 17.2. The van der Waals surface area contributed by atoms with Crippen LogP contribution in [0.1, 0.15) is 42.7 Å². The highest BCUT2D eigenvalue weighted by atomic mass is 19.1. The van der Waals surface area contributed by atoms with E-state index in [1.807, 2.05) is 17.0 Å². The van der Waals surface area contributed by atoms with Gasteiger partial charge in [-0.3, -0.25) is 4.79 Å². The van der Waals surface area contributed by atoms with Crippen molar-refractivity contribution in [2.75, 3.05) is 31.1 Å². The van der Waals surface area contributed by atoms with Crippen molar-refractivity contribution in [3.8, 4) is 0 Å². The van der Waals surface area contributed by atoms with Gasteiger partial charge in [-0.05, 0) is 86.6 Å². The van der Waals surface area contributed by atoms with Gasteiger partial charge in [-0.15, -0.1) is 0 Å². The zero-order valence-electron chi connectivity index (χ0n) is 17.2. The van der Waals surface area contributed by atoms with Gasteiger partial charge >= 0.3 is 0 Å². The molecule has 0 saturated carbocycles. The number of nitrogens with zero attached hydrogens (tertiary/aromatic N) is 2. The number of carbonyl (C=O) groups excluding carboxylic acids is 1. The highest BCUT2D eigenvalue weighted by molar-refractivity contribution is 5.96. The monoisotopic (exact) mass is 405 g/mol. The molecule has 0 bridgehead atoms. The van der Waals surface area contributed by atoms with Crippen molar-refractivity contribution in [1.82, 2.24) is 9.88 Å². The largest absolute Gasteiger partial charge is 0.361 e. The predicted molar refractivity (Wildman–Crippen MR) is 118 cm³/mol. The molecule has 0 radical (unpaired) electrons. The molecular weight excluding hydrogens is 377 g/mol. The van der Waals surface area contributed by atoms with E-state index in [1.54, 1.807) is 6.07 Å². The van der Waals surface area contributed by atoms with Crippen LogP contribution in [0.25, 0.3) is 10.9 Å². The zero-order chi connectivity index (χ0) is 20.5. The first-order chi connectivity index (χ1) is 14.7. The summed E-state index contributed by atoms with van der Waals surface area (Å²) in [5.41, 5.74) is 4.65. The van der Waals surface area contributed by atoms with Crippen LogP contribution in [0.5, 0.6) is 0 Å². The number of hydrogen-bond donors (Lipinski definition) is 1. The fourth-order valence-corrected chi connectivity index (χ4v) is 5.11. The number of carbonyl (C=O) groups is 1. The third kappa shape index (κ3) is 3.74. The topological polar surface area (TPSA) is 39.3 Å². The van der Waals surface area contributed by atoms with Crippen molar-refractivity contribution in [2.45, 2.75) is 38.0 Å². The molecule has 5 rings (SSSR count). The summed E-state index contributed by atoms with van der Waals surface area (Å²) in [5, 5.41) is 1.02. The van der Waals surface area contributed by atoms with Crippen LogP contribution in [0, 0.1) is 5.82 Å². The van der Waals surface area contributed by atoms with Crippen molar-refractivity contribution < 1.29 is 9.18 Å². The Kier molecular flexibility index (Phi) is 5.30. The Morgan fingerprint density at radius 2 is 1.87 bits per heavy atom. The number of aromatic amines is 1. The summed E-state index contributed by atoms with van der Waals surface area (Å²) in [5.74, 6) is 0.556. The van der Waals surface area contributed by atoms with Gasteiger partial charge in [0.05, 0.1) is 0 Å². The van der Waals surface area contributed by atoms with E-state index < -0.39 is 0 Å². The van der Waals surface area contributed by atoms with Crippen molar-refractivity contribution in [1.29, 1.82) is 0 Å². The second kappa shape index (κ2) is 8.23. The molecule has 0 atom stereocenters. The first kappa shape index (κ1) is 19.3. The summed E-state index contributed by atoms with van der Waals surface area (Å²) >= 11 is 0. The maximum Gasteiger partial charge on any atom is 0.227 e. The van der Waals surface area contributed by atoms with E-state index in [9.17, 15) is 9.18 Å². The Hall–Kier alpha value is -2.66. The number of piperidine rings is 1. The van der Waals surface area contributed by atoms with E-state index in [4.69, 9.17) is 0 Å². The number of benzene rings is 2. The predicted octanol–water partition coefficient (Wildman–Crippen LogP) is 4.86. The van der Waals surface area contributed by atoms with Crippen LogP contribution in [0.15, 0.2) is 48.7 Å². The number of halogens is 1. The van der Waals surface area contributed by atoms with E-state index >= 15 is 0 Å². The second-order valence-corrected chi connectivity index (χ2v) is 8.58. The van der Waals surface area contributed by atoms with Gasteiger partial charge in [0.25, 0.3) is 0 Å². The van der Waals surface area contributed by atoms with E-state index in [-0.39, 0.29) is 11.7 Å². The number of hydrogen-bond acceptors (Lipinski definition) is 2. The van der Waals surface area contributed by atoms with Crippen LogP contribution >= 0.6 is 0 Å².